The van der Waals surface area contributed by atoms with Gasteiger partial charge in [0, 0.05) is 27.4 Å². The van der Waals surface area contributed by atoms with Gasteiger partial charge < -0.3 is 5.73 Å². The fourth-order valence-electron chi connectivity index (χ4n) is 1.43. The first kappa shape index (κ1) is 17.6. The van der Waals surface area contributed by atoms with Crippen LogP contribution in [0.25, 0.3) is 0 Å². The molecule has 114 valence electrons. The molecule has 2 aromatic rings. The second-order valence-corrected chi connectivity index (χ2v) is 4.84. The number of hydrogen-bond donors (Lipinski definition) is 1. The van der Waals surface area contributed by atoms with Gasteiger partial charge in [-0.15, -0.1) is 0 Å². The quantitative estimate of drug-likeness (QED) is 0.396. The number of nitrogens with two attached hydrogens (primary N) is 1. The number of carbonyl (C=O) groups is 2. The van der Waals surface area contributed by atoms with Crippen LogP contribution in [0.5, 0.6) is 0 Å². The lowest BCUT2D eigenvalue weighted by Crippen LogP contribution is -1.93. The lowest BCUT2D eigenvalue weighted by molar-refractivity contribution is -0.385. The average molecular weight is 341 g/mol. The van der Waals surface area contributed by atoms with Gasteiger partial charge in [-0.1, -0.05) is 23.2 Å². The highest BCUT2D eigenvalue weighted by atomic mass is 35.5. The maximum atomic E-state index is 10.3. The molecule has 8 heteroatoms. The molecule has 0 unspecified atom stereocenters. The summed E-state index contributed by atoms with van der Waals surface area (Å²) in [6.45, 7) is 0. The van der Waals surface area contributed by atoms with Crippen molar-refractivity contribution in [2.24, 2.45) is 0 Å². The highest BCUT2D eigenvalue weighted by molar-refractivity contribution is 6.31. The highest BCUT2D eigenvalue weighted by Gasteiger charge is 2.12. The number of nitro benzene ring substituents is 1. The molecule has 0 radical (unpaired) electrons. The number of carbonyl (C=O) groups excluding carboxylic acids is 2. The van der Waals surface area contributed by atoms with E-state index in [2.05, 4.69) is 0 Å². The van der Waals surface area contributed by atoms with Gasteiger partial charge in [0.1, 0.15) is 0 Å². The Balaban J connectivity index is 0.000000224. The molecule has 2 rings (SSSR count). The van der Waals surface area contributed by atoms with E-state index in [1.165, 1.54) is 12.1 Å². The molecule has 0 aliphatic rings. The van der Waals surface area contributed by atoms with Crippen molar-refractivity contribution in [1.82, 2.24) is 0 Å². The fourth-order valence-corrected chi connectivity index (χ4v) is 1.77. The first-order valence-electron chi connectivity index (χ1n) is 5.78. The van der Waals surface area contributed by atoms with Crippen molar-refractivity contribution in [3.05, 3.63) is 67.7 Å². The third-order valence-electron chi connectivity index (χ3n) is 2.49. The van der Waals surface area contributed by atoms with E-state index in [9.17, 15) is 19.7 Å². The van der Waals surface area contributed by atoms with E-state index < -0.39 is 4.92 Å². The van der Waals surface area contributed by atoms with Crippen LogP contribution in [-0.4, -0.2) is 17.5 Å². The van der Waals surface area contributed by atoms with E-state index in [4.69, 9.17) is 28.9 Å². The van der Waals surface area contributed by atoms with Gasteiger partial charge in [-0.3, -0.25) is 19.7 Å². The number of benzene rings is 2. The van der Waals surface area contributed by atoms with Crippen molar-refractivity contribution in [3.8, 4) is 0 Å². The van der Waals surface area contributed by atoms with E-state index in [-0.39, 0.29) is 16.3 Å². The number of nitrogen functional groups attached to an aromatic ring is 1. The Kier molecular flexibility index (Phi) is 6.49. The molecule has 0 aromatic heterocycles. The molecule has 6 nitrogen and oxygen atoms in total. The molecule has 0 aliphatic carbocycles. The predicted octanol–water partition coefficient (Wildman–Crippen LogP) is 3.80. The summed E-state index contributed by atoms with van der Waals surface area (Å²) in [6, 6.07) is 8.65. The van der Waals surface area contributed by atoms with E-state index in [1.807, 2.05) is 0 Å². The lowest BCUT2D eigenvalue weighted by atomic mass is 10.2. The van der Waals surface area contributed by atoms with Crippen LogP contribution in [0.1, 0.15) is 20.7 Å². The first-order chi connectivity index (χ1) is 10.4. The van der Waals surface area contributed by atoms with Crippen LogP contribution in [0.15, 0.2) is 36.4 Å². The predicted molar refractivity (Wildman–Crippen MR) is 84.7 cm³/mol. The Morgan fingerprint density at radius 1 is 0.955 bits per heavy atom. The standard InChI is InChI=1S/C7H4ClNO3.C7H6ClNO/c8-6-2-1-5(4-10)7(3-6)9(11)12;8-6-2-1-5(4-10)7(9)3-6/h1-4H;1-4H,9H2. The number of halogens is 2. The van der Waals surface area contributed by atoms with Crippen molar-refractivity contribution in [1.29, 1.82) is 0 Å². The zero-order valence-corrected chi connectivity index (χ0v) is 12.5. The minimum Gasteiger partial charge on any atom is -0.398 e. The molecule has 22 heavy (non-hydrogen) atoms. The SMILES string of the molecule is Nc1cc(Cl)ccc1C=O.O=Cc1ccc(Cl)cc1[N+](=O)[O-]. The zero-order chi connectivity index (χ0) is 16.7. The van der Waals surface area contributed by atoms with Crippen molar-refractivity contribution in [3.63, 3.8) is 0 Å². The number of anilines is 1. The van der Waals surface area contributed by atoms with Crippen molar-refractivity contribution in [2.45, 2.75) is 0 Å². The summed E-state index contributed by atoms with van der Waals surface area (Å²) in [7, 11) is 0. The molecule has 0 amide bonds. The van der Waals surface area contributed by atoms with Gasteiger partial charge in [-0.25, -0.2) is 0 Å². The number of rotatable bonds is 3. The maximum Gasteiger partial charge on any atom is 0.281 e. The summed E-state index contributed by atoms with van der Waals surface area (Å²) in [5.74, 6) is 0. The molecular weight excluding hydrogens is 331 g/mol. The normalized spacial score (nSPS) is 9.36. The first-order valence-corrected chi connectivity index (χ1v) is 6.54. The van der Waals surface area contributed by atoms with Crippen LogP contribution in [0.3, 0.4) is 0 Å². The van der Waals surface area contributed by atoms with Gasteiger partial charge in [0.05, 0.1) is 10.5 Å². The van der Waals surface area contributed by atoms with Gasteiger partial charge >= 0.3 is 0 Å². The van der Waals surface area contributed by atoms with E-state index in [0.717, 1.165) is 6.07 Å². The van der Waals surface area contributed by atoms with Gasteiger partial charge in [-0.05, 0) is 30.3 Å². The maximum absolute atomic E-state index is 10.3. The van der Waals surface area contributed by atoms with E-state index >= 15 is 0 Å². The van der Waals surface area contributed by atoms with E-state index in [0.29, 0.717) is 28.8 Å². The largest absolute Gasteiger partial charge is 0.398 e. The number of nitro groups is 1. The second kappa shape index (κ2) is 8.11. The smallest absolute Gasteiger partial charge is 0.281 e. The summed E-state index contributed by atoms with van der Waals surface area (Å²) < 4.78 is 0. The van der Waals surface area contributed by atoms with Crippen LogP contribution >= 0.6 is 23.2 Å². The Hall–Kier alpha value is -2.44. The van der Waals surface area contributed by atoms with Crippen LogP contribution in [-0.2, 0) is 0 Å². The van der Waals surface area contributed by atoms with Gasteiger partial charge in [0.25, 0.3) is 5.69 Å². The van der Waals surface area contributed by atoms with Crippen molar-refractivity contribution in [2.75, 3.05) is 5.73 Å². The Bertz CT molecular complexity index is 720. The Morgan fingerprint density at radius 3 is 1.91 bits per heavy atom. The van der Waals surface area contributed by atoms with Gasteiger partial charge in [0.2, 0.25) is 0 Å². The molecule has 0 bridgehead atoms. The topological polar surface area (TPSA) is 103 Å². The second-order valence-electron chi connectivity index (χ2n) is 3.97. The molecule has 0 spiro atoms. The number of aldehydes is 2. The molecule has 0 saturated heterocycles. The lowest BCUT2D eigenvalue weighted by Gasteiger charge is -1.96. The number of nitrogens with zero attached hydrogens (tertiary/aromatic N) is 1. The average Bonchev–Trinajstić information content (AvgIpc) is 2.48. The van der Waals surface area contributed by atoms with Crippen LogP contribution in [0.4, 0.5) is 11.4 Å². The Morgan fingerprint density at radius 2 is 1.45 bits per heavy atom. The summed E-state index contributed by atoms with van der Waals surface area (Å²) >= 11 is 11.1. The molecule has 2 aromatic carbocycles. The third kappa shape index (κ3) is 4.83. The zero-order valence-electron chi connectivity index (χ0n) is 11.0. The van der Waals surface area contributed by atoms with Gasteiger partial charge in [-0.2, -0.15) is 0 Å². The molecule has 0 saturated carbocycles. The summed E-state index contributed by atoms with van der Waals surface area (Å²) in [5, 5.41) is 11.1. The minimum atomic E-state index is -0.643. The number of hydrogen-bond acceptors (Lipinski definition) is 5. The summed E-state index contributed by atoms with van der Waals surface area (Å²) in [4.78, 5) is 30.2. The highest BCUT2D eigenvalue weighted by Crippen LogP contribution is 2.21. The summed E-state index contributed by atoms with van der Waals surface area (Å²) in [5.41, 5.74) is 6.08. The fraction of sp³-hybridized carbons (Fsp3) is 0. The molecule has 0 atom stereocenters. The summed E-state index contributed by atoms with van der Waals surface area (Å²) in [6.07, 6.45) is 1.13. The van der Waals surface area contributed by atoms with Crippen LogP contribution in [0, 0.1) is 10.1 Å². The molecular formula is C14H10Cl2N2O4. The molecule has 0 aliphatic heterocycles. The molecule has 0 fully saturated rings. The van der Waals surface area contributed by atoms with Crippen LogP contribution < -0.4 is 5.73 Å². The van der Waals surface area contributed by atoms with Crippen molar-refractivity contribution >= 4 is 47.1 Å². The van der Waals surface area contributed by atoms with Gasteiger partial charge in [0.15, 0.2) is 12.6 Å². The molecule has 2 N–H and O–H groups in total. The minimum absolute atomic E-state index is 0.0319. The van der Waals surface area contributed by atoms with E-state index in [1.54, 1.807) is 18.2 Å². The van der Waals surface area contributed by atoms with Crippen molar-refractivity contribution < 1.29 is 14.5 Å². The molecule has 0 heterocycles. The van der Waals surface area contributed by atoms with Crippen LogP contribution in [0.2, 0.25) is 10.0 Å². The monoisotopic (exact) mass is 340 g/mol. The Labute approximate surface area is 135 Å². The third-order valence-corrected chi connectivity index (χ3v) is 2.96.